The van der Waals surface area contributed by atoms with E-state index in [0.717, 1.165) is 44.1 Å². The molecule has 0 aromatic heterocycles. The number of carbonyl (C=O) groups excluding carboxylic acids is 1. The standard InChI is InChI=1S/C21H32N4O2.HI/c1-22-21(23-14-16-8-10-19(27-2)11-9-16)24-18-12-13-25(15-18)20(26)17-6-4-3-5-7-17;/h8-11,17-18H,3-7,12-15H2,1-2H3,(H2,22,23,24);1H. The summed E-state index contributed by atoms with van der Waals surface area (Å²) in [6.07, 6.45) is 6.80. The third kappa shape index (κ3) is 6.25. The molecule has 2 N–H and O–H groups in total. The molecular weight excluding hydrogens is 467 g/mol. The number of nitrogens with zero attached hydrogens (tertiary/aromatic N) is 2. The number of rotatable bonds is 5. The molecule has 1 unspecified atom stereocenters. The zero-order chi connectivity index (χ0) is 19.1. The minimum atomic E-state index is 0. The van der Waals surface area contributed by atoms with Crippen LogP contribution >= 0.6 is 24.0 Å². The van der Waals surface area contributed by atoms with E-state index in [1.54, 1.807) is 14.2 Å². The maximum absolute atomic E-state index is 12.7. The first kappa shape index (κ1) is 22.8. The van der Waals surface area contributed by atoms with Crippen molar-refractivity contribution in [3.8, 4) is 5.75 Å². The molecule has 28 heavy (non-hydrogen) atoms. The lowest BCUT2D eigenvalue weighted by Crippen LogP contribution is -2.45. The molecule has 1 aliphatic carbocycles. The van der Waals surface area contributed by atoms with Gasteiger partial charge in [0.25, 0.3) is 0 Å². The van der Waals surface area contributed by atoms with Crippen LogP contribution in [0.15, 0.2) is 29.3 Å². The molecular formula is C21H33IN4O2. The van der Waals surface area contributed by atoms with Crippen LogP contribution in [0.4, 0.5) is 0 Å². The summed E-state index contributed by atoms with van der Waals surface area (Å²) in [6.45, 7) is 2.32. The molecule has 0 spiro atoms. The molecule has 1 amide bonds. The van der Waals surface area contributed by atoms with Gasteiger partial charge < -0.3 is 20.3 Å². The predicted octanol–water partition coefficient (Wildman–Crippen LogP) is 3.16. The summed E-state index contributed by atoms with van der Waals surface area (Å²) >= 11 is 0. The van der Waals surface area contributed by atoms with Crippen molar-refractivity contribution >= 4 is 35.8 Å². The van der Waals surface area contributed by atoms with Gasteiger partial charge in [-0.2, -0.15) is 0 Å². The summed E-state index contributed by atoms with van der Waals surface area (Å²) in [7, 11) is 3.45. The van der Waals surface area contributed by atoms with Gasteiger partial charge in [-0.15, -0.1) is 24.0 Å². The van der Waals surface area contributed by atoms with Crippen molar-refractivity contribution in [2.45, 2.75) is 51.1 Å². The van der Waals surface area contributed by atoms with Crippen molar-refractivity contribution in [3.63, 3.8) is 0 Å². The highest BCUT2D eigenvalue weighted by Gasteiger charge is 2.31. The quantitative estimate of drug-likeness (QED) is 0.371. The van der Waals surface area contributed by atoms with Gasteiger partial charge in [-0.25, -0.2) is 0 Å². The summed E-state index contributed by atoms with van der Waals surface area (Å²) in [5.41, 5.74) is 1.17. The second kappa shape index (κ2) is 11.5. The van der Waals surface area contributed by atoms with E-state index in [9.17, 15) is 4.79 Å². The number of aliphatic imine (C=N–C) groups is 1. The monoisotopic (exact) mass is 500 g/mol. The van der Waals surface area contributed by atoms with Gasteiger partial charge in [0.2, 0.25) is 5.91 Å². The molecule has 0 radical (unpaired) electrons. The van der Waals surface area contributed by atoms with E-state index in [-0.39, 0.29) is 35.9 Å². The first-order valence-electron chi connectivity index (χ1n) is 10.1. The highest BCUT2D eigenvalue weighted by atomic mass is 127. The minimum Gasteiger partial charge on any atom is -0.497 e. The Morgan fingerprint density at radius 2 is 1.89 bits per heavy atom. The maximum Gasteiger partial charge on any atom is 0.225 e. The highest BCUT2D eigenvalue weighted by molar-refractivity contribution is 14.0. The van der Waals surface area contributed by atoms with Gasteiger partial charge in [-0.05, 0) is 37.0 Å². The van der Waals surface area contributed by atoms with Gasteiger partial charge in [0.05, 0.1) is 7.11 Å². The number of nitrogens with one attached hydrogen (secondary N) is 2. The number of ether oxygens (including phenoxy) is 1. The van der Waals surface area contributed by atoms with Crippen molar-refractivity contribution in [1.29, 1.82) is 0 Å². The number of amides is 1. The molecule has 1 aromatic carbocycles. The number of hydrogen-bond donors (Lipinski definition) is 2. The number of carbonyl (C=O) groups is 1. The first-order chi connectivity index (χ1) is 13.2. The largest absolute Gasteiger partial charge is 0.497 e. The Balaban J connectivity index is 0.00000280. The molecule has 1 heterocycles. The zero-order valence-electron chi connectivity index (χ0n) is 16.9. The van der Waals surface area contributed by atoms with E-state index in [4.69, 9.17) is 4.74 Å². The Kier molecular flexibility index (Phi) is 9.34. The fourth-order valence-corrected chi connectivity index (χ4v) is 4.00. The van der Waals surface area contributed by atoms with Gasteiger partial charge >= 0.3 is 0 Å². The topological polar surface area (TPSA) is 66.0 Å². The number of guanidine groups is 1. The highest BCUT2D eigenvalue weighted by Crippen LogP contribution is 2.26. The third-order valence-corrected chi connectivity index (χ3v) is 5.64. The number of halogens is 1. The van der Waals surface area contributed by atoms with Crippen LogP contribution in [0.2, 0.25) is 0 Å². The van der Waals surface area contributed by atoms with Gasteiger partial charge in [0.15, 0.2) is 5.96 Å². The van der Waals surface area contributed by atoms with Crippen molar-refractivity contribution in [2.75, 3.05) is 27.2 Å². The van der Waals surface area contributed by atoms with Crippen molar-refractivity contribution in [1.82, 2.24) is 15.5 Å². The Labute approximate surface area is 185 Å². The van der Waals surface area contributed by atoms with Crippen molar-refractivity contribution in [3.05, 3.63) is 29.8 Å². The molecule has 1 aromatic rings. The predicted molar refractivity (Wildman–Crippen MR) is 123 cm³/mol. The van der Waals surface area contributed by atoms with Crippen molar-refractivity contribution < 1.29 is 9.53 Å². The average Bonchev–Trinajstić information content (AvgIpc) is 3.20. The van der Waals surface area contributed by atoms with Crippen molar-refractivity contribution in [2.24, 2.45) is 10.9 Å². The van der Waals surface area contributed by atoms with Gasteiger partial charge in [-0.1, -0.05) is 31.4 Å². The van der Waals surface area contributed by atoms with E-state index in [1.807, 2.05) is 29.2 Å². The third-order valence-electron chi connectivity index (χ3n) is 5.64. The Morgan fingerprint density at radius 3 is 2.54 bits per heavy atom. The summed E-state index contributed by atoms with van der Waals surface area (Å²) in [4.78, 5) is 19.1. The second-order valence-electron chi connectivity index (χ2n) is 7.52. The minimum absolute atomic E-state index is 0. The van der Waals surface area contributed by atoms with Gasteiger partial charge in [0.1, 0.15) is 5.75 Å². The number of methoxy groups -OCH3 is 1. The molecule has 156 valence electrons. The van der Waals surface area contributed by atoms with E-state index in [0.29, 0.717) is 12.5 Å². The number of benzene rings is 1. The van der Waals surface area contributed by atoms with Crippen LogP contribution in [0, 0.1) is 5.92 Å². The van der Waals surface area contributed by atoms with Crippen LogP contribution in [0.25, 0.3) is 0 Å². The van der Waals surface area contributed by atoms with E-state index in [1.165, 1.54) is 24.8 Å². The maximum atomic E-state index is 12.7. The molecule has 2 fully saturated rings. The Bertz CT molecular complexity index is 644. The fourth-order valence-electron chi connectivity index (χ4n) is 4.00. The summed E-state index contributed by atoms with van der Waals surface area (Å²) in [5, 5.41) is 6.82. The van der Waals surface area contributed by atoms with E-state index in [2.05, 4.69) is 15.6 Å². The van der Waals surface area contributed by atoms with Gasteiger partial charge in [-0.3, -0.25) is 9.79 Å². The molecule has 1 atom stereocenters. The lowest BCUT2D eigenvalue weighted by molar-refractivity contribution is -0.135. The van der Waals surface area contributed by atoms with Gasteiger partial charge in [0, 0.05) is 38.6 Å². The molecule has 1 saturated carbocycles. The second-order valence-corrected chi connectivity index (χ2v) is 7.52. The Morgan fingerprint density at radius 1 is 1.18 bits per heavy atom. The fraction of sp³-hybridized carbons (Fsp3) is 0.619. The summed E-state index contributed by atoms with van der Waals surface area (Å²) < 4.78 is 5.19. The molecule has 2 aliphatic rings. The first-order valence-corrected chi connectivity index (χ1v) is 10.1. The van der Waals surface area contributed by atoms with Crippen LogP contribution in [-0.2, 0) is 11.3 Å². The molecule has 0 bridgehead atoms. The van der Waals surface area contributed by atoms with Crippen LogP contribution < -0.4 is 15.4 Å². The normalized spacial score (nSPS) is 20.4. The molecule has 3 rings (SSSR count). The summed E-state index contributed by atoms with van der Waals surface area (Å²) in [5.74, 6) is 2.25. The molecule has 7 heteroatoms. The SMILES string of the molecule is CN=C(NCc1ccc(OC)cc1)NC1CCN(C(=O)C2CCCCC2)C1.I. The number of likely N-dealkylation sites (tertiary alicyclic amines) is 1. The van der Waals surface area contributed by atoms with Crippen LogP contribution in [-0.4, -0.2) is 50.1 Å². The Hall–Kier alpha value is -1.51. The van der Waals surface area contributed by atoms with Crippen LogP contribution in [0.3, 0.4) is 0 Å². The zero-order valence-corrected chi connectivity index (χ0v) is 19.3. The van der Waals surface area contributed by atoms with Crippen LogP contribution in [0.1, 0.15) is 44.1 Å². The van der Waals surface area contributed by atoms with Crippen LogP contribution in [0.5, 0.6) is 5.75 Å². The lowest BCUT2D eigenvalue weighted by Gasteiger charge is -2.26. The smallest absolute Gasteiger partial charge is 0.225 e. The average molecular weight is 500 g/mol. The number of hydrogen-bond acceptors (Lipinski definition) is 3. The molecule has 1 aliphatic heterocycles. The van der Waals surface area contributed by atoms with E-state index < -0.39 is 0 Å². The lowest BCUT2D eigenvalue weighted by atomic mass is 9.88. The summed E-state index contributed by atoms with van der Waals surface area (Å²) in [6, 6.07) is 8.26. The molecule has 1 saturated heterocycles. The van der Waals surface area contributed by atoms with E-state index >= 15 is 0 Å². The molecule has 6 nitrogen and oxygen atoms in total.